The van der Waals surface area contributed by atoms with Crippen LogP contribution in [0.2, 0.25) is 0 Å². The molecule has 2 aromatic carbocycles. The third-order valence-electron chi connectivity index (χ3n) is 4.17. The summed E-state index contributed by atoms with van der Waals surface area (Å²) in [6.07, 6.45) is 2.45. The van der Waals surface area contributed by atoms with Gasteiger partial charge in [0.25, 0.3) is 0 Å². The number of anilines is 1. The first-order valence-electron chi connectivity index (χ1n) is 7.48. The van der Waals surface area contributed by atoms with Gasteiger partial charge in [-0.25, -0.2) is 0 Å². The quantitative estimate of drug-likeness (QED) is 0.560. The van der Waals surface area contributed by atoms with Crippen molar-refractivity contribution in [2.24, 2.45) is 7.05 Å². The van der Waals surface area contributed by atoms with Gasteiger partial charge in [-0.05, 0) is 54.3 Å². The van der Waals surface area contributed by atoms with Gasteiger partial charge in [0, 0.05) is 77.0 Å². The molecule has 6 heteroatoms. The molecule has 1 aromatic heterocycles. The minimum absolute atomic E-state index is 0. The van der Waals surface area contributed by atoms with Crippen LogP contribution in [0.5, 0.6) is 0 Å². The van der Waals surface area contributed by atoms with E-state index in [0.717, 1.165) is 33.2 Å². The largest absolute Gasteiger partial charge is 0.481 e. The van der Waals surface area contributed by atoms with Crippen molar-refractivity contribution < 1.29 is 56.8 Å². The Kier molecular flexibility index (Phi) is 6.12. The Bertz CT molecular complexity index is 903. The molecule has 0 atom stereocenters. The number of hydrogen-bond donors (Lipinski definition) is 2. The molecule has 132 valence electrons. The number of nitrogen functional groups attached to an aromatic ring is 1. The smallest absolute Gasteiger partial charge is 0.303 e. The van der Waals surface area contributed by atoms with E-state index in [1.165, 1.54) is 0 Å². The number of nitrogens with two attached hydrogens (primary N) is 1. The average molecular weight is 482 g/mol. The number of carboxylic acid groups (broad SMARTS) is 1. The van der Waals surface area contributed by atoms with E-state index in [9.17, 15) is 4.79 Å². The van der Waals surface area contributed by atoms with E-state index in [2.05, 4.69) is 11.2 Å². The fourth-order valence-corrected chi connectivity index (χ4v) is 2.87. The number of aromatic nitrogens is 2. The number of benzene rings is 2. The van der Waals surface area contributed by atoms with Gasteiger partial charge in [-0.2, -0.15) is 5.10 Å². The number of nitrogens with zero attached hydrogens (tertiary/aromatic N) is 2. The summed E-state index contributed by atoms with van der Waals surface area (Å²) >= 11 is 0. The van der Waals surface area contributed by atoms with Crippen molar-refractivity contribution in [3.63, 3.8) is 0 Å². The first kappa shape index (κ1) is 19.0. The number of carbonyl (C=O) groups is 1. The molecule has 24 heavy (non-hydrogen) atoms. The van der Waals surface area contributed by atoms with E-state index in [4.69, 9.17) is 10.8 Å². The Morgan fingerprint density at radius 3 is 2.75 bits per heavy atom. The topological polar surface area (TPSA) is 81.1 Å². The standard InChI is InChI=1S/C18H19N3O2.Yb/c1-11-7-16(19)15(9-12(11)4-6-18(22)23)13-3-5-17-14(8-13)10-20-21(17)2;/h3,5,7-10H,4,6,19H2,1-2H3,(H,22,23);. The summed E-state index contributed by atoms with van der Waals surface area (Å²) in [7, 11) is 1.91. The summed E-state index contributed by atoms with van der Waals surface area (Å²) in [5.74, 6) is -0.792. The average Bonchev–Trinajstić information content (AvgIpc) is 2.87. The maximum absolute atomic E-state index is 10.8. The maximum Gasteiger partial charge on any atom is 0.303 e. The molecule has 0 aliphatic heterocycles. The van der Waals surface area contributed by atoms with Gasteiger partial charge in [0.1, 0.15) is 0 Å². The van der Waals surface area contributed by atoms with Crippen molar-refractivity contribution in [3.8, 4) is 11.1 Å². The van der Waals surface area contributed by atoms with Gasteiger partial charge in [0.2, 0.25) is 0 Å². The molecule has 0 unspecified atom stereocenters. The van der Waals surface area contributed by atoms with Crippen molar-refractivity contribution in [2.75, 3.05) is 5.73 Å². The summed E-state index contributed by atoms with van der Waals surface area (Å²) in [4.78, 5) is 10.8. The first-order chi connectivity index (χ1) is 11.0. The number of rotatable bonds is 4. The summed E-state index contributed by atoms with van der Waals surface area (Å²) in [6, 6.07) is 10.0. The molecule has 0 bridgehead atoms. The second-order valence-electron chi connectivity index (χ2n) is 5.80. The molecule has 0 fully saturated rings. The zero-order chi connectivity index (χ0) is 16.6. The molecule has 3 rings (SSSR count). The molecule has 3 aromatic rings. The van der Waals surface area contributed by atoms with Crippen molar-refractivity contribution in [2.45, 2.75) is 19.8 Å². The fraction of sp³-hybridized carbons (Fsp3) is 0.222. The molecule has 0 saturated carbocycles. The van der Waals surface area contributed by atoms with Crippen LogP contribution in [-0.4, -0.2) is 20.9 Å². The third-order valence-corrected chi connectivity index (χ3v) is 4.17. The van der Waals surface area contributed by atoms with Gasteiger partial charge in [0.15, 0.2) is 0 Å². The summed E-state index contributed by atoms with van der Waals surface area (Å²) in [6.45, 7) is 1.96. The zero-order valence-electron chi connectivity index (χ0n) is 13.5. The van der Waals surface area contributed by atoms with Gasteiger partial charge in [0.05, 0.1) is 11.7 Å². The van der Waals surface area contributed by atoms with Crippen LogP contribution in [0, 0.1) is 53.8 Å². The van der Waals surface area contributed by atoms with Crippen LogP contribution in [0.25, 0.3) is 22.0 Å². The van der Waals surface area contributed by atoms with Gasteiger partial charge in [-0.15, -0.1) is 0 Å². The van der Waals surface area contributed by atoms with Gasteiger partial charge in [-0.1, -0.05) is 6.07 Å². The van der Waals surface area contributed by atoms with Crippen molar-refractivity contribution >= 4 is 22.6 Å². The maximum atomic E-state index is 10.8. The molecule has 3 N–H and O–H groups in total. The number of carboxylic acids is 1. The van der Waals surface area contributed by atoms with Crippen LogP contribution in [-0.2, 0) is 18.3 Å². The molecular formula is C18H19N3O2Yb. The SMILES string of the molecule is Cc1cc(N)c(-c2ccc3c(cnn3C)c2)cc1CCC(=O)O.[Yb]. The van der Waals surface area contributed by atoms with Gasteiger partial charge in [-0.3, -0.25) is 9.48 Å². The predicted octanol–water partition coefficient (Wildman–Crippen LogP) is 3.15. The van der Waals surface area contributed by atoms with E-state index < -0.39 is 5.97 Å². The minimum Gasteiger partial charge on any atom is -0.481 e. The molecule has 0 amide bonds. The molecule has 1 heterocycles. The normalized spacial score (nSPS) is 10.6. The summed E-state index contributed by atoms with van der Waals surface area (Å²) < 4.78 is 1.83. The van der Waals surface area contributed by atoms with E-state index in [0.29, 0.717) is 12.1 Å². The second kappa shape index (κ2) is 7.72. The summed E-state index contributed by atoms with van der Waals surface area (Å²) in [5, 5.41) is 14.2. The van der Waals surface area contributed by atoms with Crippen LogP contribution < -0.4 is 5.73 Å². The Hall–Kier alpha value is -1.30. The van der Waals surface area contributed by atoms with Gasteiger partial charge < -0.3 is 10.8 Å². The Labute approximate surface area is 179 Å². The van der Waals surface area contributed by atoms with Crippen LogP contribution in [0.1, 0.15) is 17.5 Å². The molecule has 0 aliphatic rings. The molecule has 0 aliphatic carbocycles. The minimum atomic E-state index is -0.792. The molecule has 0 radical (unpaired) electrons. The second-order valence-corrected chi connectivity index (χ2v) is 5.80. The monoisotopic (exact) mass is 483 g/mol. The first-order valence-corrected chi connectivity index (χ1v) is 7.48. The predicted molar refractivity (Wildman–Crippen MR) is 91.3 cm³/mol. The Balaban J connectivity index is 0.00000208. The van der Waals surface area contributed by atoms with Crippen LogP contribution >= 0.6 is 0 Å². The Morgan fingerprint density at radius 1 is 1.29 bits per heavy atom. The molecule has 5 nitrogen and oxygen atoms in total. The molecule has 0 saturated heterocycles. The van der Waals surface area contributed by atoms with E-state index in [1.807, 2.05) is 49.1 Å². The van der Waals surface area contributed by atoms with Crippen LogP contribution in [0.15, 0.2) is 36.5 Å². The van der Waals surface area contributed by atoms with E-state index >= 15 is 0 Å². The molecular weight excluding hydrogens is 463 g/mol. The summed E-state index contributed by atoms with van der Waals surface area (Å²) in [5.41, 5.74) is 11.9. The zero-order valence-corrected chi connectivity index (χ0v) is 15.2. The molecule has 0 spiro atoms. The number of hydrogen-bond acceptors (Lipinski definition) is 3. The Morgan fingerprint density at radius 2 is 2.04 bits per heavy atom. The number of fused-ring (bicyclic) bond motifs is 1. The van der Waals surface area contributed by atoms with Crippen LogP contribution in [0.3, 0.4) is 0 Å². The van der Waals surface area contributed by atoms with Crippen molar-refractivity contribution in [3.05, 3.63) is 47.7 Å². The van der Waals surface area contributed by atoms with Crippen molar-refractivity contribution in [1.82, 2.24) is 9.78 Å². The van der Waals surface area contributed by atoms with E-state index in [-0.39, 0.29) is 53.3 Å². The van der Waals surface area contributed by atoms with Crippen molar-refractivity contribution in [1.29, 1.82) is 0 Å². The number of aliphatic carboxylic acids is 1. The fourth-order valence-electron chi connectivity index (χ4n) is 2.87. The van der Waals surface area contributed by atoms with E-state index in [1.54, 1.807) is 0 Å². The van der Waals surface area contributed by atoms with Gasteiger partial charge >= 0.3 is 5.97 Å². The number of aryl methyl sites for hydroxylation is 3. The third kappa shape index (κ3) is 3.85. The van der Waals surface area contributed by atoms with Crippen LogP contribution in [0.4, 0.5) is 5.69 Å².